The molecule has 2 aromatic carbocycles. The van der Waals surface area contributed by atoms with E-state index in [0.717, 1.165) is 49.1 Å². The number of hydrogen-bond donors (Lipinski definition) is 2. The van der Waals surface area contributed by atoms with Crippen LogP contribution in [0.4, 0.5) is 0 Å². The van der Waals surface area contributed by atoms with Crippen molar-refractivity contribution in [2.24, 2.45) is 0 Å². The zero-order valence-corrected chi connectivity index (χ0v) is 17.7. The third-order valence-corrected chi connectivity index (χ3v) is 6.72. The normalized spacial score (nSPS) is 21.8. The van der Waals surface area contributed by atoms with Crippen LogP contribution in [0.3, 0.4) is 0 Å². The molecule has 1 aliphatic heterocycles. The van der Waals surface area contributed by atoms with E-state index >= 15 is 0 Å². The van der Waals surface area contributed by atoms with Gasteiger partial charge in [-0.05, 0) is 86.5 Å². The van der Waals surface area contributed by atoms with Crippen LogP contribution >= 0.6 is 0 Å². The molecule has 0 amide bonds. The van der Waals surface area contributed by atoms with Gasteiger partial charge in [-0.15, -0.1) is 0 Å². The minimum Gasteiger partial charge on any atom is -0.393 e. The van der Waals surface area contributed by atoms with E-state index < -0.39 is 5.60 Å². The lowest BCUT2D eigenvalue weighted by molar-refractivity contribution is -0.0686. The van der Waals surface area contributed by atoms with Crippen LogP contribution in [0.5, 0.6) is 0 Å². The van der Waals surface area contributed by atoms with E-state index in [9.17, 15) is 10.2 Å². The topological polar surface area (TPSA) is 56.6 Å². The van der Waals surface area contributed by atoms with Crippen LogP contribution in [0.25, 0.3) is 22.2 Å². The molecular formula is C26H30N2O2. The Morgan fingerprint density at radius 2 is 1.90 bits per heavy atom. The predicted molar refractivity (Wildman–Crippen MR) is 120 cm³/mol. The van der Waals surface area contributed by atoms with Crippen molar-refractivity contribution >= 4 is 10.9 Å². The van der Waals surface area contributed by atoms with Crippen molar-refractivity contribution in [1.29, 1.82) is 0 Å². The predicted octanol–water partition coefficient (Wildman–Crippen LogP) is 4.02. The van der Waals surface area contributed by atoms with E-state index in [4.69, 9.17) is 4.98 Å². The van der Waals surface area contributed by atoms with E-state index in [1.165, 1.54) is 34.1 Å². The summed E-state index contributed by atoms with van der Waals surface area (Å²) in [6.07, 6.45) is 5.10. The maximum atomic E-state index is 10.6. The molecule has 30 heavy (non-hydrogen) atoms. The van der Waals surface area contributed by atoms with Gasteiger partial charge in [-0.1, -0.05) is 23.8 Å². The van der Waals surface area contributed by atoms with Crippen LogP contribution in [-0.2, 0) is 19.4 Å². The molecule has 4 heteroatoms. The van der Waals surface area contributed by atoms with Gasteiger partial charge in [0.25, 0.3) is 0 Å². The monoisotopic (exact) mass is 402 g/mol. The summed E-state index contributed by atoms with van der Waals surface area (Å²) >= 11 is 0. The maximum absolute atomic E-state index is 10.6. The molecule has 1 aliphatic carbocycles. The lowest BCUT2D eigenvalue weighted by Gasteiger charge is -2.38. The Kier molecular flexibility index (Phi) is 5.10. The number of aromatic nitrogens is 1. The van der Waals surface area contributed by atoms with Gasteiger partial charge in [-0.3, -0.25) is 4.90 Å². The number of aliphatic hydroxyl groups excluding tert-OH is 1. The summed E-state index contributed by atoms with van der Waals surface area (Å²) < 4.78 is 0. The van der Waals surface area contributed by atoms with Gasteiger partial charge in [0, 0.05) is 24.0 Å². The van der Waals surface area contributed by atoms with Gasteiger partial charge < -0.3 is 10.2 Å². The lowest BCUT2D eigenvalue weighted by Crippen LogP contribution is -2.50. The SMILES string of the molecule is Cc1cccc(-c2nc3cc4c(cc3cc2CN2CCCC(O)(CO)C2)CCC4)c1. The van der Waals surface area contributed by atoms with Crippen LogP contribution in [0, 0.1) is 6.92 Å². The molecule has 2 aliphatic rings. The first-order valence-corrected chi connectivity index (χ1v) is 11.1. The Labute approximate surface area is 178 Å². The number of benzene rings is 2. The number of hydrogen-bond acceptors (Lipinski definition) is 4. The standard InChI is InChI=1S/C26H30N2O2/c1-18-5-2-8-21(11-18)25-23(15-28-10-4-9-26(30,16-28)17-29)13-22-12-19-6-3-7-20(19)14-24(22)27-25/h2,5,8,11-14,29-30H,3-4,6-7,9-10,15-17H2,1H3. The maximum Gasteiger partial charge on any atom is 0.100 e. The molecule has 0 spiro atoms. The van der Waals surface area contributed by atoms with Crippen molar-refractivity contribution in [1.82, 2.24) is 9.88 Å². The smallest absolute Gasteiger partial charge is 0.100 e. The molecule has 0 saturated carbocycles. The molecule has 1 saturated heterocycles. The number of likely N-dealkylation sites (tertiary alicyclic amines) is 1. The second-order valence-corrected chi connectivity index (χ2v) is 9.23. The van der Waals surface area contributed by atoms with Gasteiger partial charge in [-0.25, -0.2) is 4.98 Å². The molecule has 156 valence electrons. The summed E-state index contributed by atoms with van der Waals surface area (Å²) in [5, 5.41) is 21.5. The summed E-state index contributed by atoms with van der Waals surface area (Å²) in [4.78, 5) is 7.41. The second kappa shape index (κ2) is 7.77. The van der Waals surface area contributed by atoms with E-state index in [0.29, 0.717) is 13.0 Å². The fourth-order valence-corrected chi connectivity index (χ4v) is 5.16. The molecule has 1 aromatic heterocycles. The van der Waals surface area contributed by atoms with Gasteiger partial charge in [0.1, 0.15) is 5.60 Å². The summed E-state index contributed by atoms with van der Waals surface area (Å²) in [5.41, 5.74) is 7.57. The lowest BCUT2D eigenvalue weighted by atomic mass is 9.93. The van der Waals surface area contributed by atoms with Gasteiger partial charge in [0.15, 0.2) is 0 Å². The van der Waals surface area contributed by atoms with Crippen LogP contribution in [0.2, 0.25) is 0 Å². The highest BCUT2D eigenvalue weighted by molar-refractivity contribution is 5.85. The van der Waals surface area contributed by atoms with Gasteiger partial charge in [0.05, 0.1) is 17.8 Å². The van der Waals surface area contributed by atoms with E-state index in [1.807, 2.05) is 0 Å². The number of aliphatic hydroxyl groups is 2. The summed E-state index contributed by atoms with van der Waals surface area (Å²) in [7, 11) is 0. The number of pyridine rings is 1. The average molecular weight is 403 g/mol. The fourth-order valence-electron chi connectivity index (χ4n) is 5.16. The number of fused-ring (bicyclic) bond motifs is 2. The number of aryl methyl sites for hydroxylation is 3. The Bertz CT molecular complexity index is 1090. The van der Waals surface area contributed by atoms with Crippen molar-refractivity contribution in [2.75, 3.05) is 19.7 Å². The summed E-state index contributed by atoms with van der Waals surface area (Å²) in [5.74, 6) is 0. The van der Waals surface area contributed by atoms with Crippen LogP contribution in [0.1, 0.15) is 41.5 Å². The van der Waals surface area contributed by atoms with E-state index in [-0.39, 0.29) is 6.61 Å². The number of piperidine rings is 1. The minimum absolute atomic E-state index is 0.184. The average Bonchev–Trinajstić information content (AvgIpc) is 3.19. The Morgan fingerprint density at radius 3 is 2.70 bits per heavy atom. The molecule has 0 bridgehead atoms. The Morgan fingerprint density at radius 1 is 1.07 bits per heavy atom. The highest BCUT2D eigenvalue weighted by Crippen LogP contribution is 2.32. The first kappa shape index (κ1) is 19.7. The molecule has 2 heterocycles. The van der Waals surface area contributed by atoms with Crippen LogP contribution in [-0.4, -0.2) is 45.4 Å². The van der Waals surface area contributed by atoms with Crippen molar-refractivity contribution in [3.63, 3.8) is 0 Å². The zero-order valence-electron chi connectivity index (χ0n) is 17.7. The highest BCUT2D eigenvalue weighted by Gasteiger charge is 2.32. The molecule has 0 radical (unpaired) electrons. The van der Waals surface area contributed by atoms with Gasteiger partial charge in [-0.2, -0.15) is 0 Å². The molecular weight excluding hydrogens is 372 g/mol. The van der Waals surface area contributed by atoms with Crippen LogP contribution in [0.15, 0.2) is 42.5 Å². The van der Waals surface area contributed by atoms with Gasteiger partial charge in [0.2, 0.25) is 0 Å². The fraction of sp³-hybridized carbons (Fsp3) is 0.423. The molecule has 1 atom stereocenters. The van der Waals surface area contributed by atoms with Crippen molar-refractivity contribution in [3.8, 4) is 11.3 Å². The Hall–Kier alpha value is -2.27. The van der Waals surface area contributed by atoms with Crippen LogP contribution < -0.4 is 0 Å². The largest absolute Gasteiger partial charge is 0.393 e. The third-order valence-electron chi connectivity index (χ3n) is 6.72. The van der Waals surface area contributed by atoms with Crippen molar-refractivity contribution in [2.45, 2.75) is 51.2 Å². The zero-order chi connectivity index (χ0) is 20.7. The summed E-state index contributed by atoms with van der Waals surface area (Å²) in [6, 6.07) is 15.5. The quantitative estimate of drug-likeness (QED) is 0.692. The molecule has 1 unspecified atom stereocenters. The molecule has 3 aromatic rings. The molecule has 4 nitrogen and oxygen atoms in total. The van der Waals surface area contributed by atoms with E-state index in [1.54, 1.807) is 0 Å². The van der Waals surface area contributed by atoms with E-state index in [2.05, 4.69) is 54.3 Å². The van der Waals surface area contributed by atoms with Crippen molar-refractivity contribution < 1.29 is 10.2 Å². The molecule has 2 N–H and O–H groups in total. The first-order valence-electron chi connectivity index (χ1n) is 11.1. The molecule has 5 rings (SSSR count). The summed E-state index contributed by atoms with van der Waals surface area (Å²) in [6.45, 7) is 4.09. The van der Waals surface area contributed by atoms with Crippen molar-refractivity contribution in [3.05, 3.63) is 64.7 Å². The van der Waals surface area contributed by atoms with Gasteiger partial charge >= 0.3 is 0 Å². The highest BCUT2D eigenvalue weighted by atomic mass is 16.3. The number of rotatable bonds is 4. The minimum atomic E-state index is -0.993. The third kappa shape index (κ3) is 3.76. The second-order valence-electron chi connectivity index (χ2n) is 9.23. The first-order chi connectivity index (χ1) is 14.5. The number of β-amino-alcohol motifs (C(OH)–C–C–N with tert-alkyl or cyclic N) is 1. The Balaban J connectivity index is 1.59. The molecule has 1 fully saturated rings. The number of nitrogens with zero attached hydrogens (tertiary/aromatic N) is 2.